The number of anilines is 1. The van der Waals surface area contributed by atoms with E-state index < -0.39 is 11.0 Å². The number of aryl methyl sites for hydroxylation is 1. The first kappa shape index (κ1) is 22.6. The van der Waals surface area contributed by atoms with Gasteiger partial charge in [0.05, 0.1) is 15.7 Å². The number of nitro groups is 1. The highest BCUT2D eigenvalue weighted by atomic mass is 35.5. The summed E-state index contributed by atoms with van der Waals surface area (Å²) >= 11 is 7.42. The molecule has 2 aromatic carbocycles. The fourth-order valence-corrected chi connectivity index (χ4v) is 3.62. The molecule has 1 atom stereocenters. The van der Waals surface area contributed by atoms with Crippen LogP contribution in [0.25, 0.3) is 0 Å². The van der Waals surface area contributed by atoms with Crippen molar-refractivity contribution in [1.82, 2.24) is 14.8 Å². The molecule has 0 fully saturated rings. The van der Waals surface area contributed by atoms with Crippen molar-refractivity contribution in [3.05, 3.63) is 69.0 Å². The predicted octanol–water partition coefficient (Wildman–Crippen LogP) is 4.56. The van der Waals surface area contributed by atoms with Gasteiger partial charge in [0.15, 0.2) is 17.1 Å². The number of carbonyl (C=O) groups excluding carboxylic acids is 1. The number of amides is 1. The SMILES string of the molecule is Cc1ccc(Cl)c(OC(C)c2nnc(SCC(=O)Nc3ccc([N+](=O)[O-])cc3)n2C)c1. The lowest BCUT2D eigenvalue weighted by Crippen LogP contribution is -2.15. The van der Waals surface area contributed by atoms with Gasteiger partial charge in [-0.3, -0.25) is 14.9 Å². The Morgan fingerprint density at radius 2 is 2.00 bits per heavy atom. The van der Waals surface area contributed by atoms with Gasteiger partial charge in [-0.05, 0) is 43.7 Å². The van der Waals surface area contributed by atoms with Crippen LogP contribution in [0.4, 0.5) is 11.4 Å². The Morgan fingerprint density at radius 3 is 2.68 bits per heavy atom. The largest absolute Gasteiger partial charge is 0.481 e. The quantitative estimate of drug-likeness (QED) is 0.297. The van der Waals surface area contributed by atoms with Crippen LogP contribution in [0.1, 0.15) is 24.4 Å². The van der Waals surface area contributed by atoms with E-state index in [0.29, 0.717) is 27.4 Å². The lowest BCUT2D eigenvalue weighted by Gasteiger charge is -2.15. The molecule has 0 aliphatic heterocycles. The van der Waals surface area contributed by atoms with E-state index in [1.54, 1.807) is 17.7 Å². The molecular formula is C20H20ClN5O4S. The second kappa shape index (κ2) is 9.80. The summed E-state index contributed by atoms with van der Waals surface area (Å²) in [7, 11) is 1.80. The van der Waals surface area contributed by atoms with Gasteiger partial charge in [-0.1, -0.05) is 29.4 Å². The van der Waals surface area contributed by atoms with Crippen molar-refractivity contribution in [1.29, 1.82) is 0 Å². The summed E-state index contributed by atoms with van der Waals surface area (Å²) in [6.45, 7) is 3.80. The van der Waals surface area contributed by atoms with E-state index in [0.717, 1.165) is 5.56 Å². The van der Waals surface area contributed by atoms with Crippen LogP contribution < -0.4 is 10.1 Å². The maximum atomic E-state index is 12.2. The van der Waals surface area contributed by atoms with Crippen molar-refractivity contribution < 1.29 is 14.5 Å². The smallest absolute Gasteiger partial charge is 0.269 e. The first-order valence-electron chi connectivity index (χ1n) is 9.24. The van der Waals surface area contributed by atoms with Gasteiger partial charge in [-0.15, -0.1) is 10.2 Å². The summed E-state index contributed by atoms with van der Waals surface area (Å²) in [6, 6.07) is 11.2. The number of benzene rings is 2. The van der Waals surface area contributed by atoms with E-state index in [4.69, 9.17) is 16.3 Å². The third kappa shape index (κ3) is 5.74. The molecular weight excluding hydrogens is 442 g/mol. The maximum absolute atomic E-state index is 12.2. The number of nitrogens with zero attached hydrogens (tertiary/aromatic N) is 4. The average molecular weight is 462 g/mol. The average Bonchev–Trinajstić information content (AvgIpc) is 3.10. The van der Waals surface area contributed by atoms with Gasteiger partial charge in [0, 0.05) is 24.9 Å². The van der Waals surface area contributed by atoms with Crippen molar-refractivity contribution in [3.63, 3.8) is 0 Å². The van der Waals surface area contributed by atoms with Crippen molar-refractivity contribution in [3.8, 4) is 5.75 Å². The maximum Gasteiger partial charge on any atom is 0.269 e. The molecule has 1 N–H and O–H groups in total. The molecule has 0 aliphatic rings. The summed E-state index contributed by atoms with van der Waals surface area (Å²) in [5.74, 6) is 0.992. The minimum atomic E-state index is -0.495. The first-order chi connectivity index (χ1) is 14.7. The lowest BCUT2D eigenvalue weighted by atomic mass is 10.2. The summed E-state index contributed by atoms with van der Waals surface area (Å²) < 4.78 is 7.71. The molecule has 0 aliphatic carbocycles. The molecule has 31 heavy (non-hydrogen) atoms. The third-order valence-electron chi connectivity index (χ3n) is 4.32. The number of nitro benzene ring substituents is 1. The van der Waals surface area contributed by atoms with Crippen LogP contribution >= 0.6 is 23.4 Å². The number of rotatable bonds is 8. The van der Waals surface area contributed by atoms with Crippen LogP contribution in [0.3, 0.4) is 0 Å². The lowest BCUT2D eigenvalue weighted by molar-refractivity contribution is -0.384. The molecule has 0 bridgehead atoms. The number of non-ortho nitro benzene ring substituents is 1. The van der Waals surface area contributed by atoms with E-state index in [1.807, 2.05) is 26.0 Å². The van der Waals surface area contributed by atoms with Crippen molar-refractivity contribution in [2.75, 3.05) is 11.1 Å². The van der Waals surface area contributed by atoms with Crippen LogP contribution in [0.5, 0.6) is 5.75 Å². The van der Waals surface area contributed by atoms with Gasteiger partial charge >= 0.3 is 0 Å². The molecule has 0 radical (unpaired) electrons. The first-order valence-corrected chi connectivity index (χ1v) is 10.6. The van der Waals surface area contributed by atoms with E-state index in [9.17, 15) is 14.9 Å². The summed E-state index contributed by atoms with van der Waals surface area (Å²) in [5, 5.41) is 22.8. The summed E-state index contributed by atoms with van der Waals surface area (Å²) in [6.07, 6.45) is -0.403. The molecule has 0 saturated carbocycles. The van der Waals surface area contributed by atoms with Crippen LogP contribution in [-0.2, 0) is 11.8 Å². The Morgan fingerprint density at radius 1 is 1.29 bits per heavy atom. The Labute approximate surface area is 187 Å². The van der Waals surface area contributed by atoms with E-state index in [2.05, 4.69) is 15.5 Å². The minimum Gasteiger partial charge on any atom is -0.481 e. The number of nitrogens with one attached hydrogen (secondary N) is 1. The van der Waals surface area contributed by atoms with E-state index in [-0.39, 0.29) is 17.3 Å². The molecule has 162 valence electrons. The number of hydrogen-bond donors (Lipinski definition) is 1. The zero-order valence-electron chi connectivity index (χ0n) is 17.0. The molecule has 1 amide bonds. The van der Waals surface area contributed by atoms with Gasteiger partial charge in [0.1, 0.15) is 5.75 Å². The zero-order valence-corrected chi connectivity index (χ0v) is 18.6. The second-order valence-corrected chi connectivity index (χ2v) is 8.08. The Kier molecular flexibility index (Phi) is 7.13. The van der Waals surface area contributed by atoms with Gasteiger partial charge in [0.2, 0.25) is 5.91 Å². The van der Waals surface area contributed by atoms with Gasteiger partial charge < -0.3 is 14.6 Å². The Balaban J connectivity index is 1.58. The molecule has 3 aromatic rings. The number of halogens is 1. The molecule has 1 heterocycles. The number of carbonyl (C=O) groups is 1. The molecule has 9 nitrogen and oxygen atoms in total. The summed E-state index contributed by atoms with van der Waals surface area (Å²) in [5.41, 5.74) is 1.47. The second-order valence-electron chi connectivity index (χ2n) is 6.73. The van der Waals surface area contributed by atoms with Crippen LogP contribution in [0, 0.1) is 17.0 Å². The van der Waals surface area contributed by atoms with Crippen molar-refractivity contribution in [2.24, 2.45) is 7.05 Å². The topological polar surface area (TPSA) is 112 Å². The van der Waals surface area contributed by atoms with Gasteiger partial charge in [-0.25, -0.2) is 0 Å². The predicted molar refractivity (Wildman–Crippen MR) is 119 cm³/mol. The summed E-state index contributed by atoms with van der Waals surface area (Å²) in [4.78, 5) is 22.4. The van der Waals surface area contributed by atoms with E-state index in [1.165, 1.54) is 36.0 Å². The fraction of sp³-hybridized carbons (Fsp3) is 0.250. The number of ether oxygens (including phenoxy) is 1. The highest BCUT2D eigenvalue weighted by molar-refractivity contribution is 7.99. The van der Waals surface area contributed by atoms with Gasteiger partial charge in [0.25, 0.3) is 5.69 Å². The molecule has 0 saturated heterocycles. The van der Waals surface area contributed by atoms with E-state index >= 15 is 0 Å². The van der Waals surface area contributed by atoms with Gasteiger partial charge in [-0.2, -0.15) is 0 Å². The zero-order chi connectivity index (χ0) is 22.5. The molecule has 1 unspecified atom stereocenters. The number of aromatic nitrogens is 3. The highest BCUT2D eigenvalue weighted by Crippen LogP contribution is 2.30. The Bertz CT molecular complexity index is 1100. The number of thioether (sulfide) groups is 1. The standard InChI is InChI=1S/C20H20ClN5O4S/c1-12-4-9-16(21)17(10-12)30-13(2)19-23-24-20(25(19)3)31-11-18(27)22-14-5-7-15(8-6-14)26(28)29/h4-10,13H,11H2,1-3H3,(H,22,27). The molecule has 0 spiro atoms. The monoisotopic (exact) mass is 461 g/mol. The molecule has 1 aromatic heterocycles. The van der Waals surface area contributed by atoms with Crippen LogP contribution in [0.2, 0.25) is 5.02 Å². The molecule has 3 rings (SSSR count). The normalized spacial score (nSPS) is 11.7. The van der Waals surface area contributed by atoms with Crippen LogP contribution in [0.15, 0.2) is 47.6 Å². The minimum absolute atomic E-state index is 0.0396. The number of hydrogen-bond acceptors (Lipinski definition) is 7. The Hall–Kier alpha value is -3.11. The van der Waals surface area contributed by atoms with Crippen molar-refractivity contribution in [2.45, 2.75) is 25.1 Å². The fourth-order valence-electron chi connectivity index (χ4n) is 2.74. The van der Waals surface area contributed by atoms with Crippen molar-refractivity contribution >= 4 is 40.6 Å². The van der Waals surface area contributed by atoms with Crippen LogP contribution in [-0.4, -0.2) is 31.3 Å². The third-order valence-corrected chi connectivity index (χ3v) is 5.65. The molecule has 11 heteroatoms. The highest BCUT2D eigenvalue weighted by Gasteiger charge is 2.19.